The fourth-order valence-corrected chi connectivity index (χ4v) is 4.97. The molecular formula is C16H24N2O4S. The van der Waals surface area contributed by atoms with Gasteiger partial charge in [0.1, 0.15) is 11.8 Å². The molecule has 1 N–H and O–H groups in total. The molecule has 1 atom stereocenters. The molecular weight excluding hydrogens is 316 g/mol. The number of carbonyl (C=O) groups is 1. The first-order valence-corrected chi connectivity index (χ1v) is 9.09. The van der Waals surface area contributed by atoms with Crippen LogP contribution in [0.5, 0.6) is 5.75 Å². The largest absolute Gasteiger partial charge is 0.496 e. The Hall–Kier alpha value is -1.60. The van der Waals surface area contributed by atoms with Crippen LogP contribution < -0.4 is 10.1 Å². The van der Waals surface area contributed by atoms with Gasteiger partial charge in [-0.05, 0) is 43.0 Å². The van der Waals surface area contributed by atoms with Crippen molar-refractivity contribution >= 4 is 15.9 Å². The number of piperazine rings is 1. The summed E-state index contributed by atoms with van der Waals surface area (Å²) in [6, 6.07) is 2.53. The van der Waals surface area contributed by atoms with Crippen molar-refractivity contribution in [3.05, 3.63) is 23.3 Å². The lowest BCUT2D eigenvalue weighted by atomic mass is 10.0. The van der Waals surface area contributed by atoms with Crippen molar-refractivity contribution in [2.24, 2.45) is 5.92 Å². The van der Waals surface area contributed by atoms with E-state index in [1.165, 1.54) is 4.31 Å². The predicted molar refractivity (Wildman–Crippen MR) is 88.0 cm³/mol. The monoisotopic (exact) mass is 340 g/mol. The van der Waals surface area contributed by atoms with E-state index in [-0.39, 0.29) is 23.3 Å². The number of sulfonamides is 1. The summed E-state index contributed by atoms with van der Waals surface area (Å²) in [5, 5.41) is 2.75. The summed E-state index contributed by atoms with van der Waals surface area (Å²) in [4.78, 5) is 12.4. The number of hydrogen-bond acceptors (Lipinski definition) is 4. The van der Waals surface area contributed by atoms with Crippen molar-refractivity contribution in [1.82, 2.24) is 9.62 Å². The van der Waals surface area contributed by atoms with Crippen LogP contribution in [0.3, 0.4) is 0 Å². The van der Waals surface area contributed by atoms with E-state index >= 15 is 0 Å². The molecule has 23 heavy (non-hydrogen) atoms. The van der Waals surface area contributed by atoms with Gasteiger partial charge in [-0.15, -0.1) is 0 Å². The molecule has 1 aromatic carbocycles. The average Bonchev–Trinajstić information content (AvgIpc) is 2.49. The van der Waals surface area contributed by atoms with E-state index in [9.17, 15) is 13.2 Å². The van der Waals surface area contributed by atoms with Gasteiger partial charge in [0.15, 0.2) is 0 Å². The van der Waals surface area contributed by atoms with Crippen molar-refractivity contribution in [2.75, 3.05) is 20.2 Å². The molecule has 7 heteroatoms. The summed E-state index contributed by atoms with van der Waals surface area (Å²) < 4.78 is 32.8. The smallest absolute Gasteiger partial charge is 0.244 e. The van der Waals surface area contributed by atoms with Crippen molar-refractivity contribution in [3.8, 4) is 5.75 Å². The molecule has 0 aromatic heterocycles. The zero-order chi connectivity index (χ0) is 17.4. The van der Waals surface area contributed by atoms with Crippen LogP contribution in [0.1, 0.15) is 25.0 Å². The van der Waals surface area contributed by atoms with Gasteiger partial charge in [-0.3, -0.25) is 4.79 Å². The summed E-state index contributed by atoms with van der Waals surface area (Å²) in [5.74, 6) is 0.306. The van der Waals surface area contributed by atoms with Crippen molar-refractivity contribution in [1.29, 1.82) is 0 Å². The molecule has 0 saturated carbocycles. The molecule has 2 rings (SSSR count). The molecule has 1 amide bonds. The van der Waals surface area contributed by atoms with Crippen LogP contribution in [0.15, 0.2) is 17.0 Å². The SMILES string of the molecule is COc1ccc(S(=O)(=O)N2CCNC(=O)[C@@H]2C(C)C)c(C)c1C. The molecule has 1 aromatic rings. The minimum absolute atomic E-state index is 0.107. The number of rotatable bonds is 4. The standard InChI is InChI=1S/C16H24N2O4S/c1-10(2)15-16(19)17-8-9-18(15)23(20,21)14-7-6-13(22-5)11(3)12(14)4/h6-7,10,15H,8-9H2,1-5H3,(H,17,19)/t15-/m0/s1. The highest BCUT2D eigenvalue weighted by Crippen LogP contribution is 2.31. The van der Waals surface area contributed by atoms with Crippen LogP contribution in [0.4, 0.5) is 0 Å². The first kappa shape index (κ1) is 17.7. The second kappa shape index (κ2) is 6.49. The lowest BCUT2D eigenvalue weighted by Gasteiger charge is -2.36. The van der Waals surface area contributed by atoms with E-state index in [2.05, 4.69) is 5.32 Å². The van der Waals surface area contributed by atoms with Gasteiger partial charge < -0.3 is 10.1 Å². The van der Waals surface area contributed by atoms with Gasteiger partial charge in [0.25, 0.3) is 0 Å². The Morgan fingerprint density at radius 1 is 1.26 bits per heavy atom. The van der Waals surface area contributed by atoms with E-state index < -0.39 is 16.1 Å². The van der Waals surface area contributed by atoms with Crippen LogP contribution in [-0.4, -0.2) is 44.9 Å². The lowest BCUT2D eigenvalue weighted by molar-refractivity contribution is -0.128. The number of methoxy groups -OCH3 is 1. The maximum atomic E-state index is 13.1. The molecule has 1 aliphatic rings. The quantitative estimate of drug-likeness (QED) is 0.900. The normalized spacial score (nSPS) is 19.7. The highest BCUT2D eigenvalue weighted by atomic mass is 32.2. The fraction of sp³-hybridized carbons (Fsp3) is 0.562. The van der Waals surface area contributed by atoms with Crippen LogP contribution in [0, 0.1) is 19.8 Å². The zero-order valence-electron chi connectivity index (χ0n) is 14.2. The molecule has 0 unspecified atom stereocenters. The van der Waals surface area contributed by atoms with Crippen molar-refractivity contribution in [2.45, 2.75) is 38.6 Å². The molecule has 0 bridgehead atoms. The van der Waals surface area contributed by atoms with Gasteiger partial charge >= 0.3 is 0 Å². The number of ether oxygens (including phenoxy) is 1. The Morgan fingerprint density at radius 2 is 1.91 bits per heavy atom. The summed E-state index contributed by atoms with van der Waals surface area (Å²) in [7, 11) is -2.20. The van der Waals surface area contributed by atoms with Crippen LogP contribution in [0.2, 0.25) is 0 Å². The number of benzene rings is 1. The fourth-order valence-electron chi connectivity index (χ4n) is 2.97. The second-order valence-electron chi connectivity index (χ2n) is 6.11. The maximum Gasteiger partial charge on any atom is 0.244 e. The molecule has 1 aliphatic heterocycles. The molecule has 1 heterocycles. The van der Waals surface area contributed by atoms with Crippen LogP contribution >= 0.6 is 0 Å². The molecule has 128 valence electrons. The first-order chi connectivity index (χ1) is 10.7. The van der Waals surface area contributed by atoms with Gasteiger partial charge in [-0.25, -0.2) is 8.42 Å². The Morgan fingerprint density at radius 3 is 2.48 bits per heavy atom. The number of carbonyl (C=O) groups excluding carboxylic acids is 1. The van der Waals surface area contributed by atoms with Gasteiger partial charge in [0.05, 0.1) is 12.0 Å². The van der Waals surface area contributed by atoms with E-state index in [1.54, 1.807) is 26.2 Å². The van der Waals surface area contributed by atoms with E-state index in [1.807, 2.05) is 20.8 Å². The summed E-state index contributed by atoms with van der Waals surface area (Å²) in [5.41, 5.74) is 1.44. The Bertz CT molecular complexity index is 713. The maximum absolute atomic E-state index is 13.1. The van der Waals surface area contributed by atoms with Crippen molar-refractivity contribution in [3.63, 3.8) is 0 Å². The molecule has 0 spiro atoms. The minimum atomic E-state index is -3.75. The lowest BCUT2D eigenvalue weighted by Crippen LogP contribution is -2.59. The van der Waals surface area contributed by atoms with Crippen LogP contribution in [0.25, 0.3) is 0 Å². The average molecular weight is 340 g/mol. The molecule has 0 radical (unpaired) electrons. The van der Waals surface area contributed by atoms with Crippen LogP contribution in [-0.2, 0) is 14.8 Å². The third kappa shape index (κ3) is 3.07. The molecule has 1 fully saturated rings. The minimum Gasteiger partial charge on any atom is -0.496 e. The highest BCUT2D eigenvalue weighted by Gasteiger charge is 2.40. The van der Waals surface area contributed by atoms with E-state index in [0.29, 0.717) is 17.9 Å². The van der Waals surface area contributed by atoms with E-state index in [4.69, 9.17) is 4.74 Å². The third-order valence-electron chi connectivity index (χ3n) is 4.34. The highest BCUT2D eigenvalue weighted by molar-refractivity contribution is 7.89. The Kier molecular flexibility index (Phi) is 5.01. The Labute approximate surface area is 137 Å². The Balaban J connectivity index is 2.53. The van der Waals surface area contributed by atoms with Gasteiger partial charge in [0.2, 0.25) is 15.9 Å². The summed E-state index contributed by atoms with van der Waals surface area (Å²) in [6.07, 6.45) is 0. The van der Waals surface area contributed by atoms with Gasteiger partial charge in [0, 0.05) is 13.1 Å². The van der Waals surface area contributed by atoms with Crippen molar-refractivity contribution < 1.29 is 17.9 Å². The second-order valence-corrected chi connectivity index (χ2v) is 7.97. The summed E-state index contributed by atoms with van der Waals surface area (Å²) in [6.45, 7) is 7.90. The number of nitrogens with zero attached hydrogens (tertiary/aromatic N) is 1. The number of hydrogen-bond donors (Lipinski definition) is 1. The zero-order valence-corrected chi connectivity index (χ0v) is 15.0. The van der Waals surface area contributed by atoms with Gasteiger partial charge in [-0.1, -0.05) is 13.8 Å². The topological polar surface area (TPSA) is 75.7 Å². The molecule has 6 nitrogen and oxygen atoms in total. The molecule has 1 saturated heterocycles. The molecule has 0 aliphatic carbocycles. The number of amides is 1. The first-order valence-electron chi connectivity index (χ1n) is 7.65. The van der Waals surface area contributed by atoms with Gasteiger partial charge in [-0.2, -0.15) is 4.31 Å². The summed E-state index contributed by atoms with van der Waals surface area (Å²) >= 11 is 0. The van der Waals surface area contributed by atoms with E-state index in [0.717, 1.165) is 5.56 Å². The third-order valence-corrected chi connectivity index (χ3v) is 6.36. The number of nitrogens with one attached hydrogen (secondary N) is 1. The predicted octanol–water partition coefficient (Wildman–Crippen LogP) is 1.46.